The van der Waals surface area contributed by atoms with Gasteiger partial charge in [0.25, 0.3) is 5.56 Å². The molecule has 2 aromatic heterocycles. The molecule has 0 atom stereocenters. The van der Waals surface area contributed by atoms with Crippen LogP contribution < -0.4 is 15.0 Å². The van der Waals surface area contributed by atoms with E-state index in [4.69, 9.17) is 18.6 Å². The number of H-pyrrole nitrogens is 1. The molecule has 3 heterocycles. The van der Waals surface area contributed by atoms with E-state index < -0.39 is 11.5 Å². The Labute approximate surface area is 166 Å². The largest absolute Gasteiger partial charge is 0.462 e. The van der Waals surface area contributed by atoms with Crippen molar-refractivity contribution in [1.29, 1.82) is 0 Å². The van der Waals surface area contributed by atoms with Crippen LogP contribution in [0.15, 0.2) is 27.4 Å². The van der Waals surface area contributed by atoms with Gasteiger partial charge in [0.05, 0.1) is 13.2 Å². The summed E-state index contributed by atoms with van der Waals surface area (Å²) in [5.74, 6) is 1.61. The number of hydrogen-bond donors (Lipinski definition) is 1. The predicted octanol–water partition coefficient (Wildman–Crippen LogP) is 2.36. The van der Waals surface area contributed by atoms with Gasteiger partial charge < -0.3 is 23.6 Å². The van der Waals surface area contributed by atoms with Crippen molar-refractivity contribution in [2.24, 2.45) is 0 Å². The minimum atomic E-state index is -0.594. The first kappa shape index (κ1) is 19.0. The van der Waals surface area contributed by atoms with E-state index in [1.807, 2.05) is 30.1 Å². The van der Waals surface area contributed by atoms with Crippen molar-refractivity contribution < 1.29 is 23.4 Å². The molecule has 1 aliphatic rings. The number of benzene rings is 1. The molecule has 0 radical (unpaired) electrons. The lowest BCUT2D eigenvalue weighted by molar-refractivity contribution is 0.0526. The third-order valence-electron chi connectivity index (χ3n) is 4.58. The second-order valence-corrected chi connectivity index (χ2v) is 6.81. The lowest BCUT2D eigenvalue weighted by atomic mass is 10.2. The molecule has 0 amide bonds. The van der Waals surface area contributed by atoms with Gasteiger partial charge in [0.15, 0.2) is 11.5 Å². The topological polar surface area (TPSA) is 107 Å². The van der Waals surface area contributed by atoms with E-state index in [9.17, 15) is 9.59 Å². The molecule has 0 fully saturated rings. The summed E-state index contributed by atoms with van der Waals surface area (Å²) in [6.45, 7) is 4.75. The Morgan fingerprint density at radius 2 is 2.07 bits per heavy atom. The highest BCUT2D eigenvalue weighted by Gasteiger charge is 2.24. The first-order valence-electron chi connectivity index (χ1n) is 9.22. The molecular formula is C20H21N3O6. The summed E-state index contributed by atoms with van der Waals surface area (Å²) in [5.41, 5.74) is 0.858. The van der Waals surface area contributed by atoms with E-state index in [2.05, 4.69) is 9.97 Å². The van der Waals surface area contributed by atoms with Crippen molar-refractivity contribution in [3.63, 3.8) is 0 Å². The number of aromatic amines is 1. The number of ether oxygens (including phenoxy) is 3. The zero-order valence-electron chi connectivity index (χ0n) is 16.4. The van der Waals surface area contributed by atoms with Gasteiger partial charge in [-0.05, 0) is 38.6 Å². The Hall–Kier alpha value is -3.33. The van der Waals surface area contributed by atoms with E-state index in [0.717, 1.165) is 17.1 Å². The maximum Gasteiger partial charge on any atom is 0.342 e. The molecule has 0 unspecified atom stereocenters. The van der Waals surface area contributed by atoms with Gasteiger partial charge in [-0.15, -0.1) is 0 Å². The maximum atomic E-state index is 12.6. The minimum Gasteiger partial charge on any atom is -0.462 e. The molecule has 152 valence electrons. The monoisotopic (exact) mass is 399 g/mol. The quantitative estimate of drug-likeness (QED) is 0.630. The van der Waals surface area contributed by atoms with Crippen LogP contribution in [-0.2, 0) is 17.8 Å². The van der Waals surface area contributed by atoms with E-state index in [-0.39, 0.29) is 30.1 Å². The Bertz CT molecular complexity index is 1130. The molecule has 9 heteroatoms. The van der Waals surface area contributed by atoms with Gasteiger partial charge in [0.1, 0.15) is 22.5 Å². The zero-order valence-corrected chi connectivity index (χ0v) is 16.4. The first-order valence-corrected chi connectivity index (χ1v) is 9.22. The highest BCUT2D eigenvalue weighted by atomic mass is 16.7. The van der Waals surface area contributed by atoms with Gasteiger partial charge in [-0.3, -0.25) is 9.69 Å². The molecule has 0 saturated heterocycles. The number of rotatable bonds is 6. The predicted molar refractivity (Wildman–Crippen MR) is 103 cm³/mol. The van der Waals surface area contributed by atoms with E-state index in [1.165, 1.54) is 0 Å². The second-order valence-electron chi connectivity index (χ2n) is 6.81. The zero-order chi connectivity index (χ0) is 20.5. The Balaban J connectivity index is 1.55. The van der Waals surface area contributed by atoms with E-state index >= 15 is 0 Å². The fraction of sp³-hybridized carbons (Fsp3) is 0.350. The number of nitrogens with one attached hydrogen (secondary N) is 1. The molecule has 0 spiro atoms. The number of aromatic nitrogens is 2. The molecule has 4 rings (SSSR count). The van der Waals surface area contributed by atoms with Crippen LogP contribution in [0.1, 0.15) is 34.4 Å². The van der Waals surface area contributed by atoms with Crippen molar-refractivity contribution in [3.05, 3.63) is 51.3 Å². The van der Waals surface area contributed by atoms with Crippen molar-refractivity contribution in [2.45, 2.75) is 26.9 Å². The van der Waals surface area contributed by atoms with Crippen LogP contribution in [0.3, 0.4) is 0 Å². The summed E-state index contributed by atoms with van der Waals surface area (Å²) in [4.78, 5) is 33.9. The molecule has 0 aliphatic carbocycles. The second kappa shape index (κ2) is 7.59. The molecule has 1 aliphatic heterocycles. The van der Waals surface area contributed by atoms with Crippen molar-refractivity contribution in [3.8, 4) is 11.5 Å². The number of nitrogens with zero attached hydrogens (tertiary/aromatic N) is 2. The maximum absolute atomic E-state index is 12.6. The van der Waals surface area contributed by atoms with Gasteiger partial charge in [0, 0.05) is 6.54 Å². The Morgan fingerprint density at radius 1 is 1.28 bits per heavy atom. The smallest absolute Gasteiger partial charge is 0.342 e. The van der Waals surface area contributed by atoms with Crippen molar-refractivity contribution >= 4 is 17.1 Å². The van der Waals surface area contributed by atoms with Crippen LogP contribution in [0.25, 0.3) is 11.1 Å². The van der Waals surface area contributed by atoms with Gasteiger partial charge in [-0.25, -0.2) is 4.79 Å². The van der Waals surface area contributed by atoms with Crippen molar-refractivity contribution in [2.75, 3.05) is 20.4 Å². The fourth-order valence-electron chi connectivity index (χ4n) is 3.35. The Morgan fingerprint density at radius 3 is 2.86 bits per heavy atom. The summed E-state index contributed by atoms with van der Waals surface area (Å²) >= 11 is 0. The SMILES string of the molecule is CCOC(=O)c1c(C)oc2nc(CN(C)Cc3ccc4c(c3)OCO4)[nH]c(=O)c12. The van der Waals surface area contributed by atoms with Crippen LogP contribution in [0.4, 0.5) is 0 Å². The van der Waals surface area contributed by atoms with Gasteiger partial charge in [-0.1, -0.05) is 6.07 Å². The molecule has 9 nitrogen and oxygen atoms in total. The van der Waals surface area contributed by atoms with Crippen LogP contribution >= 0.6 is 0 Å². The van der Waals surface area contributed by atoms with Gasteiger partial charge in [-0.2, -0.15) is 4.98 Å². The lowest BCUT2D eigenvalue weighted by Crippen LogP contribution is -2.22. The third kappa shape index (κ3) is 3.68. The van der Waals surface area contributed by atoms with E-state index in [1.54, 1.807) is 13.8 Å². The van der Waals surface area contributed by atoms with E-state index in [0.29, 0.717) is 24.7 Å². The number of aryl methyl sites for hydroxylation is 1. The highest BCUT2D eigenvalue weighted by molar-refractivity contribution is 6.03. The molecule has 29 heavy (non-hydrogen) atoms. The molecule has 1 aromatic carbocycles. The summed E-state index contributed by atoms with van der Waals surface area (Å²) in [5, 5.41) is 0.114. The van der Waals surface area contributed by atoms with Crippen LogP contribution in [0.5, 0.6) is 11.5 Å². The molecule has 1 N–H and O–H groups in total. The number of esters is 1. The highest BCUT2D eigenvalue weighted by Crippen LogP contribution is 2.32. The lowest BCUT2D eigenvalue weighted by Gasteiger charge is -2.16. The number of carbonyl (C=O) groups is 1. The summed E-state index contributed by atoms with van der Waals surface area (Å²) < 4.78 is 21.3. The third-order valence-corrected chi connectivity index (χ3v) is 4.58. The Kier molecular flexibility index (Phi) is 4.98. The van der Waals surface area contributed by atoms with Gasteiger partial charge in [0.2, 0.25) is 12.5 Å². The number of fused-ring (bicyclic) bond motifs is 2. The van der Waals surface area contributed by atoms with Gasteiger partial charge >= 0.3 is 5.97 Å². The summed E-state index contributed by atoms with van der Waals surface area (Å²) in [6.07, 6.45) is 0. The number of furan rings is 1. The molecule has 0 saturated carbocycles. The standard InChI is InChI=1S/C20H21N3O6/c1-4-26-20(25)16-11(2)29-19-17(16)18(24)21-15(22-19)9-23(3)8-12-5-6-13-14(7-12)28-10-27-13/h5-7H,4,8-10H2,1-3H3,(H,21,22,24). The van der Waals surface area contributed by atoms with Crippen LogP contribution in [0, 0.1) is 6.92 Å². The molecule has 3 aromatic rings. The molecular weight excluding hydrogens is 378 g/mol. The molecule has 0 bridgehead atoms. The van der Waals surface area contributed by atoms with Crippen LogP contribution in [0.2, 0.25) is 0 Å². The summed E-state index contributed by atoms with van der Waals surface area (Å²) in [7, 11) is 1.91. The summed E-state index contributed by atoms with van der Waals surface area (Å²) in [6, 6.07) is 5.77. The number of carbonyl (C=O) groups excluding carboxylic acids is 1. The number of hydrogen-bond acceptors (Lipinski definition) is 8. The first-order chi connectivity index (χ1) is 14.0. The minimum absolute atomic E-state index is 0.114. The normalized spacial score (nSPS) is 12.7. The van der Waals surface area contributed by atoms with Crippen molar-refractivity contribution in [1.82, 2.24) is 14.9 Å². The van der Waals surface area contributed by atoms with Crippen LogP contribution in [-0.4, -0.2) is 41.3 Å². The average molecular weight is 399 g/mol. The fourth-order valence-corrected chi connectivity index (χ4v) is 3.35. The average Bonchev–Trinajstić information content (AvgIpc) is 3.25.